The molecule has 1 aromatic rings. The summed E-state index contributed by atoms with van der Waals surface area (Å²) in [7, 11) is 0. The van der Waals surface area contributed by atoms with Gasteiger partial charge in [-0.05, 0) is 31.4 Å². The maximum atomic E-state index is 12.8. The molecular weight excluding hydrogens is 278 g/mol. The van der Waals surface area contributed by atoms with Gasteiger partial charge in [0.2, 0.25) is 5.91 Å². The lowest BCUT2D eigenvalue weighted by Crippen LogP contribution is -2.82. The summed E-state index contributed by atoms with van der Waals surface area (Å²) in [6, 6.07) is 3.88. The Morgan fingerprint density at radius 3 is 3.05 bits per heavy atom. The molecule has 0 spiro atoms. The maximum Gasteiger partial charge on any atom is 0.241 e. The fourth-order valence-electron chi connectivity index (χ4n) is 4.05. The van der Waals surface area contributed by atoms with Crippen molar-refractivity contribution < 1.29 is 9.53 Å². The van der Waals surface area contributed by atoms with E-state index in [4.69, 9.17) is 10.5 Å². The van der Waals surface area contributed by atoms with E-state index >= 15 is 0 Å². The molecular formula is C17H25N3O2. The van der Waals surface area contributed by atoms with Gasteiger partial charge in [0.25, 0.3) is 0 Å². The Bertz CT molecular complexity index is 587. The smallest absolute Gasteiger partial charge is 0.241 e. The molecule has 0 aromatic carbocycles. The molecule has 1 saturated heterocycles. The quantitative estimate of drug-likeness (QED) is 0.888. The van der Waals surface area contributed by atoms with E-state index in [1.165, 1.54) is 0 Å². The number of carbonyl (C=O) groups excluding carboxylic acids is 1. The zero-order chi connectivity index (χ0) is 16.0. The predicted molar refractivity (Wildman–Crippen MR) is 84.0 cm³/mol. The van der Waals surface area contributed by atoms with Crippen LogP contribution >= 0.6 is 0 Å². The van der Waals surface area contributed by atoms with Gasteiger partial charge in [-0.15, -0.1) is 0 Å². The zero-order valence-electron chi connectivity index (χ0n) is 13.6. The second-order valence-corrected chi connectivity index (χ2v) is 7.08. The molecule has 0 radical (unpaired) electrons. The molecule has 120 valence electrons. The number of pyridine rings is 1. The van der Waals surface area contributed by atoms with Crippen LogP contribution in [0.4, 0.5) is 0 Å². The second kappa shape index (κ2) is 5.32. The fourth-order valence-corrected chi connectivity index (χ4v) is 4.05. The summed E-state index contributed by atoms with van der Waals surface area (Å²) in [5, 5.41) is 2.99. The Kier molecular flexibility index (Phi) is 3.73. The van der Waals surface area contributed by atoms with E-state index in [9.17, 15) is 4.79 Å². The Morgan fingerprint density at radius 2 is 2.32 bits per heavy atom. The summed E-state index contributed by atoms with van der Waals surface area (Å²) in [6.07, 6.45) is 3.77. The Labute approximate surface area is 131 Å². The number of hydrogen-bond donors (Lipinski definition) is 2. The molecule has 1 aliphatic carbocycles. The van der Waals surface area contributed by atoms with Crippen LogP contribution in [0.1, 0.15) is 37.9 Å². The van der Waals surface area contributed by atoms with Crippen LogP contribution in [-0.2, 0) is 16.1 Å². The molecule has 1 saturated carbocycles. The standard InChI is InChI=1S/C17H25N3O2/c1-11-6-4-8-19-13(11)10-20-15(21)17(18)12-7-5-9-22-14(12)16(17,2)3/h4,6,8,12,14H,5,7,9-10,18H2,1-3H3,(H,20,21). The minimum absolute atomic E-state index is 0.0886. The molecule has 2 heterocycles. The summed E-state index contributed by atoms with van der Waals surface area (Å²) in [6.45, 7) is 7.25. The van der Waals surface area contributed by atoms with Crippen molar-refractivity contribution in [1.29, 1.82) is 0 Å². The van der Waals surface area contributed by atoms with Crippen LogP contribution in [0, 0.1) is 18.3 Å². The van der Waals surface area contributed by atoms with Crippen LogP contribution in [0.2, 0.25) is 0 Å². The molecule has 5 heteroatoms. The fraction of sp³-hybridized carbons (Fsp3) is 0.647. The van der Waals surface area contributed by atoms with Crippen molar-refractivity contribution in [2.45, 2.75) is 51.8 Å². The second-order valence-electron chi connectivity index (χ2n) is 7.08. The summed E-state index contributed by atoms with van der Waals surface area (Å²) >= 11 is 0. The zero-order valence-corrected chi connectivity index (χ0v) is 13.6. The van der Waals surface area contributed by atoms with Gasteiger partial charge in [-0.2, -0.15) is 0 Å². The highest BCUT2D eigenvalue weighted by molar-refractivity contribution is 5.89. The monoisotopic (exact) mass is 303 g/mol. The van der Waals surface area contributed by atoms with E-state index in [1.54, 1.807) is 6.20 Å². The number of nitrogens with two attached hydrogens (primary N) is 1. The van der Waals surface area contributed by atoms with E-state index in [0.29, 0.717) is 6.54 Å². The molecule has 0 bridgehead atoms. The topological polar surface area (TPSA) is 77.2 Å². The highest BCUT2D eigenvalue weighted by Gasteiger charge is 2.70. The molecule has 1 aliphatic heterocycles. The molecule has 5 nitrogen and oxygen atoms in total. The summed E-state index contributed by atoms with van der Waals surface area (Å²) in [4.78, 5) is 17.1. The number of carbonyl (C=O) groups is 1. The van der Waals surface area contributed by atoms with Gasteiger partial charge in [0.1, 0.15) is 5.54 Å². The minimum Gasteiger partial charge on any atom is -0.377 e. The van der Waals surface area contributed by atoms with Crippen molar-refractivity contribution in [2.75, 3.05) is 6.61 Å². The molecule has 2 aliphatic rings. The number of fused-ring (bicyclic) bond motifs is 1. The lowest BCUT2D eigenvalue weighted by molar-refractivity contribution is -0.225. The number of nitrogens with zero attached hydrogens (tertiary/aromatic N) is 1. The summed E-state index contributed by atoms with van der Waals surface area (Å²) in [5.41, 5.74) is 7.31. The van der Waals surface area contributed by atoms with Crippen molar-refractivity contribution in [2.24, 2.45) is 17.1 Å². The lowest BCUT2D eigenvalue weighted by Gasteiger charge is -2.65. The van der Waals surface area contributed by atoms with Crippen LogP contribution in [0.15, 0.2) is 18.3 Å². The van der Waals surface area contributed by atoms with Gasteiger partial charge in [-0.25, -0.2) is 0 Å². The Balaban J connectivity index is 1.73. The SMILES string of the molecule is Cc1cccnc1CNC(=O)C1(N)C2CCCOC2C1(C)C. The highest BCUT2D eigenvalue weighted by atomic mass is 16.5. The highest BCUT2D eigenvalue weighted by Crippen LogP contribution is 2.57. The van der Waals surface area contributed by atoms with Crippen molar-refractivity contribution in [3.8, 4) is 0 Å². The number of nitrogens with one attached hydrogen (secondary N) is 1. The third kappa shape index (κ3) is 2.07. The van der Waals surface area contributed by atoms with E-state index in [-0.39, 0.29) is 23.3 Å². The average Bonchev–Trinajstić information content (AvgIpc) is 2.53. The van der Waals surface area contributed by atoms with Crippen LogP contribution in [0.5, 0.6) is 0 Å². The summed E-state index contributed by atoms with van der Waals surface area (Å²) in [5.74, 6) is 0.0235. The number of hydrogen-bond acceptors (Lipinski definition) is 4. The first kappa shape index (κ1) is 15.4. The van der Waals surface area contributed by atoms with Crippen LogP contribution < -0.4 is 11.1 Å². The van der Waals surface area contributed by atoms with Gasteiger partial charge in [-0.3, -0.25) is 9.78 Å². The Hall–Kier alpha value is -1.46. The van der Waals surface area contributed by atoms with Gasteiger partial charge in [-0.1, -0.05) is 19.9 Å². The van der Waals surface area contributed by atoms with Gasteiger partial charge in [0.15, 0.2) is 0 Å². The number of ether oxygens (including phenoxy) is 1. The molecule has 3 N–H and O–H groups in total. The van der Waals surface area contributed by atoms with Gasteiger partial charge in [0.05, 0.1) is 18.3 Å². The molecule has 1 amide bonds. The normalized spacial score (nSPS) is 32.7. The molecule has 3 rings (SSSR count). The van der Waals surface area contributed by atoms with Crippen molar-refractivity contribution in [1.82, 2.24) is 10.3 Å². The van der Waals surface area contributed by atoms with E-state index < -0.39 is 5.54 Å². The largest absolute Gasteiger partial charge is 0.377 e. The first-order valence-corrected chi connectivity index (χ1v) is 7.98. The average molecular weight is 303 g/mol. The summed E-state index contributed by atoms with van der Waals surface area (Å²) < 4.78 is 5.85. The van der Waals surface area contributed by atoms with E-state index in [1.807, 2.05) is 32.9 Å². The van der Waals surface area contributed by atoms with E-state index in [0.717, 1.165) is 30.7 Å². The molecule has 22 heavy (non-hydrogen) atoms. The first-order valence-electron chi connectivity index (χ1n) is 7.98. The van der Waals surface area contributed by atoms with E-state index in [2.05, 4.69) is 10.3 Å². The minimum atomic E-state index is -0.860. The molecule has 1 aromatic heterocycles. The van der Waals surface area contributed by atoms with Crippen molar-refractivity contribution in [3.63, 3.8) is 0 Å². The van der Waals surface area contributed by atoms with Crippen LogP contribution in [-0.4, -0.2) is 29.1 Å². The third-order valence-electron chi connectivity index (χ3n) is 5.59. The van der Waals surface area contributed by atoms with Crippen LogP contribution in [0.25, 0.3) is 0 Å². The number of rotatable bonds is 3. The molecule has 3 unspecified atom stereocenters. The van der Waals surface area contributed by atoms with Crippen LogP contribution in [0.3, 0.4) is 0 Å². The number of aryl methyl sites for hydroxylation is 1. The predicted octanol–water partition coefficient (Wildman–Crippen LogP) is 1.54. The lowest BCUT2D eigenvalue weighted by atomic mass is 9.46. The molecule has 3 atom stereocenters. The van der Waals surface area contributed by atoms with Gasteiger partial charge in [0, 0.05) is 24.1 Å². The number of amides is 1. The van der Waals surface area contributed by atoms with Crippen molar-refractivity contribution >= 4 is 5.91 Å². The third-order valence-corrected chi connectivity index (χ3v) is 5.59. The van der Waals surface area contributed by atoms with Crippen molar-refractivity contribution in [3.05, 3.63) is 29.6 Å². The van der Waals surface area contributed by atoms with Gasteiger partial charge < -0.3 is 15.8 Å². The molecule has 2 fully saturated rings. The van der Waals surface area contributed by atoms with Gasteiger partial charge >= 0.3 is 0 Å². The Morgan fingerprint density at radius 1 is 1.55 bits per heavy atom. The maximum absolute atomic E-state index is 12.8. The first-order chi connectivity index (χ1) is 10.4. The number of aromatic nitrogens is 1.